The molecular weight excluding hydrogens is 410 g/mol. The number of amides is 2. The third-order valence-corrected chi connectivity index (χ3v) is 5.36. The smallest absolute Gasteiger partial charge is 0.251 e. The van der Waals surface area contributed by atoms with Gasteiger partial charge in [-0.25, -0.2) is 0 Å². The van der Waals surface area contributed by atoms with Crippen LogP contribution in [0.4, 0.5) is 0 Å². The zero-order valence-corrected chi connectivity index (χ0v) is 20.4. The molecule has 4 N–H and O–H groups in total. The highest BCUT2D eigenvalue weighted by molar-refractivity contribution is 5.97. The fourth-order valence-corrected chi connectivity index (χ4v) is 2.92. The molecule has 1 unspecified atom stereocenters. The first kappa shape index (κ1) is 27.9. The average molecular weight is 452 g/mol. The lowest BCUT2D eigenvalue weighted by molar-refractivity contribution is -0.125. The van der Waals surface area contributed by atoms with E-state index in [9.17, 15) is 14.7 Å². The molecule has 2 amide bonds. The van der Waals surface area contributed by atoms with Crippen molar-refractivity contribution in [2.24, 2.45) is 0 Å². The van der Waals surface area contributed by atoms with E-state index in [1.807, 2.05) is 34.7 Å². The second kappa shape index (κ2) is 13.4. The van der Waals surface area contributed by atoms with Gasteiger partial charge in [0.15, 0.2) is 0 Å². The van der Waals surface area contributed by atoms with Crippen LogP contribution < -0.4 is 16.0 Å². The minimum Gasteiger partial charge on any atom is -0.508 e. The van der Waals surface area contributed by atoms with E-state index in [0.29, 0.717) is 25.1 Å². The average Bonchev–Trinajstić information content (AvgIpc) is 2.74. The van der Waals surface area contributed by atoms with Crippen molar-refractivity contribution < 1.29 is 24.2 Å². The van der Waals surface area contributed by atoms with E-state index in [2.05, 4.69) is 16.0 Å². The summed E-state index contributed by atoms with van der Waals surface area (Å²) in [6.07, 6.45) is 2.96. The molecular formula is C24H41N3O5. The van der Waals surface area contributed by atoms with Crippen LogP contribution in [-0.4, -0.2) is 68.0 Å². The topological polar surface area (TPSA) is 109 Å². The SMILES string of the molecule is CNCCCCC(NC(=O)c1ccc(O)cc1)C(=O)NCC(C)(C)OCCC(C)(C)OC. The zero-order chi connectivity index (χ0) is 24.2. The van der Waals surface area contributed by atoms with Gasteiger partial charge in [-0.15, -0.1) is 0 Å². The quantitative estimate of drug-likeness (QED) is 0.305. The van der Waals surface area contributed by atoms with Crippen LogP contribution in [0.15, 0.2) is 24.3 Å². The van der Waals surface area contributed by atoms with Crippen LogP contribution in [0.25, 0.3) is 0 Å². The maximum Gasteiger partial charge on any atom is 0.251 e. The number of hydrogen-bond acceptors (Lipinski definition) is 6. The molecule has 8 heteroatoms. The molecule has 0 saturated heterocycles. The molecule has 0 fully saturated rings. The van der Waals surface area contributed by atoms with Crippen molar-refractivity contribution in [3.8, 4) is 5.75 Å². The standard InChI is InChI=1S/C24H41N3O5/c1-23(2,31-6)14-16-32-24(3,4)17-26-22(30)20(9-7-8-15-25-5)27-21(29)18-10-12-19(28)13-11-18/h10-13,20,25,28H,7-9,14-17H2,1-6H3,(H,26,30)(H,27,29). The van der Waals surface area contributed by atoms with Crippen LogP contribution >= 0.6 is 0 Å². The van der Waals surface area contributed by atoms with E-state index in [1.165, 1.54) is 24.3 Å². The third kappa shape index (κ3) is 10.9. The molecule has 32 heavy (non-hydrogen) atoms. The van der Waals surface area contributed by atoms with Crippen molar-refractivity contribution in [3.05, 3.63) is 29.8 Å². The summed E-state index contributed by atoms with van der Waals surface area (Å²) < 4.78 is 11.4. The summed E-state index contributed by atoms with van der Waals surface area (Å²) >= 11 is 0. The number of phenolic OH excluding ortho intramolecular Hbond substituents is 1. The number of carbonyl (C=O) groups is 2. The number of methoxy groups -OCH3 is 1. The molecule has 0 aliphatic rings. The molecule has 0 saturated carbocycles. The second-order valence-electron chi connectivity index (χ2n) is 9.21. The number of phenols is 1. The van der Waals surface area contributed by atoms with Gasteiger partial charge >= 0.3 is 0 Å². The molecule has 8 nitrogen and oxygen atoms in total. The molecule has 0 bridgehead atoms. The Balaban J connectivity index is 2.67. The number of ether oxygens (including phenoxy) is 2. The molecule has 0 radical (unpaired) electrons. The minimum absolute atomic E-state index is 0.0824. The van der Waals surface area contributed by atoms with Gasteiger partial charge in [-0.3, -0.25) is 9.59 Å². The molecule has 0 aliphatic carbocycles. The van der Waals surface area contributed by atoms with Crippen molar-refractivity contribution in [2.45, 2.75) is 70.6 Å². The maximum absolute atomic E-state index is 12.9. The number of benzene rings is 1. The van der Waals surface area contributed by atoms with E-state index in [-0.39, 0.29) is 23.2 Å². The Labute approximate surface area is 192 Å². The Kier molecular flexibility index (Phi) is 11.7. The van der Waals surface area contributed by atoms with Gasteiger partial charge in [0.2, 0.25) is 5.91 Å². The first-order chi connectivity index (χ1) is 15.0. The van der Waals surface area contributed by atoms with Gasteiger partial charge in [0.05, 0.1) is 17.8 Å². The molecule has 0 aliphatic heterocycles. The zero-order valence-electron chi connectivity index (χ0n) is 20.4. The normalized spacial score (nSPS) is 12.9. The van der Waals surface area contributed by atoms with E-state index in [4.69, 9.17) is 9.47 Å². The number of rotatable bonds is 15. The van der Waals surface area contributed by atoms with Crippen molar-refractivity contribution >= 4 is 11.8 Å². The molecule has 1 atom stereocenters. The highest BCUT2D eigenvalue weighted by Gasteiger charge is 2.26. The van der Waals surface area contributed by atoms with E-state index < -0.39 is 11.6 Å². The lowest BCUT2D eigenvalue weighted by Gasteiger charge is -2.29. The van der Waals surface area contributed by atoms with Gasteiger partial charge in [-0.05, 0) is 91.2 Å². The summed E-state index contributed by atoms with van der Waals surface area (Å²) in [6, 6.07) is 5.29. The van der Waals surface area contributed by atoms with E-state index in [0.717, 1.165) is 25.8 Å². The fourth-order valence-electron chi connectivity index (χ4n) is 2.92. The van der Waals surface area contributed by atoms with Crippen molar-refractivity contribution in [3.63, 3.8) is 0 Å². The predicted molar refractivity (Wildman–Crippen MR) is 126 cm³/mol. The first-order valence-corrected chi connectivity index (χ1v) is 11.2. The monoisotopic (exact) mass is 451 g/mol. The Morgan fingerprint density at radius 2 is 1.72 bits per heavy atom. The summed E-state index contributed by atoms with van der Waals surface area (Å²) in [6.45, 7) is 9.52. The fraction of sp³-hybridized carbons (Fsp3) is 0.667. The van der Waals surface area contributed by atoms with Crippen LogP contribution in [-0.2, 0) is 14.3 Å². The van der Waals surface area contributed by atoms with Gasteiger partial charge in [0, 0.05) is 19.2 Å². The van der Waals surface area contributed by atoms with Crippen LogP contribution in [0.1, 0.15) is 63.7 Å². The van der Waals surface area contributed by atoms with Crippen molar-refractivity contribution in [1.29, 1.82) is 0 Å². The van der Waals surface area contributed by atoms with E-state index in [1.54, 1.807) is 7.11 Å². The van der Waals surface area contributed by atoms with Crippen molar-refractivity contribution in [2.75, 3.05) is 33.9 Å². The van der Waals surface area contributed by atoms with Crippen LogP contribution in [0, 0.1) is 0 Å². The van der Waals surface area contributed by atoms with E-state index >= 15 is 0 Å². The number of nitrogens with one attached hydrogen (secondary N) is 3. The molecule has 0 aromatic heterocycles. The number of unbranched alkanes of at least 4 members (excludes halogenated alkanes) is 1. The van der Waals surface area contributed by atoms with Gasteiger partial charge in [-0.2, -0.15) is 0 Å². The van der Waals surface area contributed by atoms with Gasteiger partial charge < -0.3 is 30.5 Å². The van der Waals surface area contributed by atoms with Gasteiger partial charge in [-0.1, -0.05) is 0 Å². The Bertz CT molecular complexity index is 704. The van der Waals surface area contributed by atoms with Crippen LogP contribution in [0.5, 0.6) is 5.75 Å². The lowest BCUT2D eigenvalue weighted by Crippen LogP contribution is -2.50. The predicted octanol–water partition coefficient (Wildman–Crippen LogP) is 2.61. The van der Waals surface area contributed by atoms with Crippen LogP contribution in [0.2, 0.25) is 0 Å². The Morgan fingerprint density at radius 3 is 2.31 bits per heavy atom. The molecule has 1 rings (SSSR count). The number of aromatic hydroxyl groups is 1. The van der Waals surface area contributed by atoms with Crippen LogP contribution in [0.3, 0.4) is 0 Å². The molecule has 1 aromatic carbocycles. The largest absolute Gasteiger partial charge is 0.508 e. The second-order valence-corrected chi connectivity index (χ2v) is 9.21. The highest BCUT2D eigenvalue weighted by atomic mass is 16.5. The molecule has 1 aromatic rings. The third-order valence-electron chi connectivity index (χ3n) is 5.36. The maximum atomic E-state index is 12.9. The summed E-state index contributed by atoms with van der Waals surface area (Å²) in [5.41, 5.74) is -0.437. The molecule has 182 valence electrons. The Hall–Kier alpha value is -2.16. The summed E-state index contributed by atoms with van der Waals surface area (Å²) in [5.74, 6) is -0.509. The number of carbonyl (C=O) groups excluding carboxylic acids is 2. The summed E-state index contributed by atoms with van der Waals surface area (Å²) in [7, 11) is 3.56. The minimum atomic E-state index is -0.656. The lowest BCUT2D eigenvalue weighted by atomic mass is 10.0. The van der Waals surface area contributed by atoms with Gasteiger partial charge in [0.1, 0.15) is 11.8 Å². The summed E-state index contributed by atoms with van der Waals surface area (Å²) in [4.78, 5) is 25.5. The molecule has 0 heterocycles. The first-order valence-electron chi connectivity index (χ1n) is 11.2. The number of hydrogen-bond donors (Lipinski definition) is 4. The highest BCUT2D eigenvalue weighted by Crippen LogP contribution is 2.16. The summed E-state index contributed by atoms with van der Waals surface area (Å²) in [5, 5.41) is 18.3. The van der Waals surface area contributed by atoms with Crippen molar-refractivity contribution in [1.82, 2.24) is 16.0 Å². The molecule has 0 spiro atoms. The Morgan fingerprint density at radius 1 is 1.06 bits per heavy atom. The van der Waals surface area contributed by atoms with Gasteiger partial charge in [0.25, 0.3) is 5.91 Å².